The van der Waals surface area contributed by atoms with E-state index >= 15 is 0 Å². The topological polar surface area (TPSA) is 121 Å². The van der Waals surface area contributed by atoms with Gasteiger partial charge < -0.3 is 34.3 Å². The molecule has 0 radical (unpaired) electrons. The van der Waals surface area contributed by atoms with E-state index in [1.165, 1.54) is 0 Å². The minimum absolute atomic E-state index is 0.0267. The van der Waals surface area contributed by atoms with Crippen LogP contribution in [0.1, 0.15) is 95.5 Å². The highest BCUT2D eigenvalue weighted by atomic mass is 16.6. The highest BCUT2D eigenvalue weighted by molar-refractivity contribution is 5.92. The summed E-state index contributed by atoms with van der Waals surface area (Å²) in [4.78, 5) is 38.6. The summed E-state index contributed by atoms with van der Waals surface area (Å²) in [5.41, 5.74) is 0.105. The van der Waals surface area contributed by atoms with E-state index in [-0.39, 0.29) is 30.9 Å². The Morgan fingerprint density at radius 2 is 1.72 bits per heavy atom. The summed E-state index contributed by atoms with van der Waals surface area (Å²) in [5, 5.41) is 6.36. The van der Waals surface area contributed by atoms with Crippen LogP contribution >= 0.6 is 0 Å². The van der Waals surface area contributed by atoms with Crippen molar-refractivity contribution in [1.29, 1.82) is 0 Å². The summed E-state index contributed by atoms with van der Waals surface area (Å²) in [7, 11) is 0. The molecule has 2 aliphatic rings. The van der Waals surface area contributed by atoms with Crippen LogP contribution in [-0.4, -0.2) is 75.6 Å². The third-order valence-electron chi connectivity index (χ3n) is 8.00. The summed E-state index contributed by atoms with van der Waals surface area (Å²) in [6, 6.07) is 3.50. The highest BCUT2D eigenvalue weighted by Gasteiger charge is 2.47. The molecule has 242 valence electrons. The molecule has 10 nitrogen and oxygen atoms in total. The molecule has 0 spiro atoms. The van der Waals surface area contributed by atoms with Gasteiger partial charge in [0.2, 0.25) is 5.91 Å². The Kier molecular flexibility index (Phi) is 13.1. The standard InChI is InChI=1S/C33H52N2O8/c1-7-9-14-40-27-17-23(3)26(18-28(27)41-15-10-8-2)30(37)42-21-25(43-31(38)33(6)12-13-33)19-35-32(4,5)22-34-29(36)24-11-16-39-20-24/h17-18,24-25,35H,7-16,19-22H2,1-6H3,(H,34,36). The predicted octanol–water partition coefficient (Wildman–Crippen LogP) is 4.74. The average molecular weight is 605 g/mol. The van der Waals surface area contributed by atoms with E-state index in [4.69, 9.17) is 23.7 Å². The zero-order chi connectivity index (χ0) is 31.5. The molecule has 2 atom stereocenters. The summed E-state index contributed by atoms with van der Waals surface area (Å²) in [5.74, 6) is 0.159. The fraction of sp³-hybridized carbons (Fsp3) is 0.727. The van der Waals surface area contributed by atoms with Gasteiger partial charge in [-0.15, -0.1) is 0 Å². The summed E-state index contributed by atoms with van der Waals surface area (Å²) in [6.45, 7) is 14.5. The Balaban J connectivity index is 1.64. The normalized spacial score (nSPS) is 18.0. The first-order chi connectivity index (χ1) is 20.5. The van der Waals surface area contributed by atoms with Gasteiger partial charge in [0.05, 0.1) is 36.7 Å². The van der Waals surface area contributed by atoms with E-state index in [0.717, 1.165) is 44.9 Å². The highest BCUT2D eigenvalue weighted by Crippen LogP contribution is 2.46. The van der Waals surface area contributed by atoms with Gasteiger partial charge in [0, 0.05) is 25.2 Å². The summed E-state index contributed by atoms with van der Waals surface area (Å²) in [6.07, 6.45) is 5.38. The quantitative estimate of drug-likeness (QED) is 0.170. The lowest BCUT2D eigenvalue weighted by Gasteiger charge is -2.30. The lowest BCUT2D eigenvalue weighted by atomic mass is 10.0. The third kappa shape index (κ3) is 11.0. The molecule has 43 heavy (non-hydrogen) atoms. The monoisotopic (exact) mass is 604 g/mol. The molecule has 3 rings (SSSR count). The first kappa shape index (κ1) is 34.6. The number of carbonyl (C=O) groups is 3. The maximum Gasteiger partial charge on any atom is 0.338 e. The maximum atomic E-state index is 13.3. The van der Waals surface area contributed by atoms with Gasteiger partial charge in [0.15, 0.2) is 11.5 Å². The number of nitrogens with one attached hydrogen (secondary N) is 2. The van der Waals surface area contributed by atoms with E-state index in [1.54, 1.807) is 6.07 Å². The number of esters is 2. The van der Waals surface area contributed by atoms with E-state index < -0.39 is 23.0 Å². The average Bonchev–Trinajstić information content (AvgIpc) is 3.49. The van der Waals surface area contributed by atoms with Crippen molar-refractivity contribution in [2.75, 3.05) is 46.1 Å². The minimum Gasteiger partial charge on any atom is -0.490 e. The van der Waals surface area contributed by atoms with Crippen molar-refractivity contribution < 1.29 is 38.1 Å². The van der Waals surface area contributed by atoms with E-state index in [1.807, 2.05) is 33.8 Å². The second-order valence-electron chi connectivity index (χ2n) is 12.7. The van der Waals surface area contributed by atoms with Crippen molar-refractivity contribution in [3.8, 4) is 11.5 Å². The van der Waals surface area contributed by atoms with Gasteiger partial charge >= 0.3 is 11.9 Å². The molecule has 0 aromatic heterocycles. The molecule has 2 unspecified atom stereocenters. The predicted molar refractivity (Wildman–Crippen MR) is 164 cm³/mol. The van der Waals surface area contributed by atoms with Crippen LogP contribution < -0.4 is 20.1 Å². The number of aryl methyl sites for hydroxylation is 1. The van der Waals surface area contributed by atoms with Crippen molar-refractivity contribution in [2.45, 2.75) is 98.1 Å². The summed E-state index contributed by atoms with van der Waals surface area (Å²) >= 11 is 0. The van der Waals surface area contributed by atoms with Crippen LogP contribution in [0, 0.1) is 18.3 Å². The zero-order valence-electron chi connectivity index (χ0n) is 27.0. The van der Waals surface area contributed by atoms with Crippen LogP contribution in [0.3, 0.4) is 0 Å². The molecule has 1 aromatic carbocycles. The van der Waals surface area contributed by atoms with E-state index in [9.17, 15) is 14.4 Å². The summed E-state index contributed by atoms with van der Waals surface area (Å²) < 4.78 is 28.8. The molecular formula is C33H52N2O8. The molecule has 2 N–H and O–H groups in total. The van der Waals surface area contributed by atoms with Gasteiger partial charge in [-0.05, 0) is 77.5 Å². The van der Waals surface area contributed by atoms with Crippen molar-refractivity contribution in [2.24, 2.45) is 11.3 Å². The lowest BCUT2D eigenvalue weighted by molar-refractivity contribution is -0.157. The molecule has 1 heterocycles. The van der Waals surface area contributed by atoms with Crippen LogP contribution in [0.5, 0.6) is 11.5 Å². The fourth-order valence-corrected chi connectivity index (χ4v) is 4.47. The van der Waals surface area contributed by atoms with Crippen LogP contribution in [0.4, 0.5) is 0 Å². The van der Waals surface area contributed by atoms with Gasteiger partial charge in [-0.25, -0.2) is 4.79 Å². The molecule has 1 saturated heterocycles. The van der Waals surface area contributed by atoms with Crippen LogP contribution in [0.15, 0.2) is 12.1 Å². The van der Waals surface area contributed by atoms with Gasteiger partial charge in [-0.1, -0.05) is 26.7 Å². The second kappa shape index (κ2) is 16.3. The van der Waals surface area contributed by atoms with Crippen molar-refractivity contribution in [1.82, 2.24) is 10.6 Å². The smallest absolute Gasteiger partial charge is 0.338 e. The number of rotatable bonds is 19. The number of unbranched alkanes of at least 4 members (excludes halogenated alkanes) is 2. The maximum absolute atomic E-state index is 13.3. The molecule has 2 fully saturated rings. The molecule has 1 aliphatic carbocycles. The molecule has 10 heteroatoms. The molecule has 1 aliphatic heterocycles. The largest absolute Gasteiger partial charge is 0.490 e. The lowest BCUT2D eigenvalue weighted by Crippen LogP contribution is -2.53. The SMILES string of the molecule is CCCCOc1cc(C)c(C(=O)OCC(CNC(C)(C)CNC(=O)C2CCOC2)OC(=O)C2(C)CC2)cc1OCCCC. The Morgan fingerprint density at radius 3 is 2.30 bits per heavy atom. The Hall–Kier alpha value is -2.85. The fourth-order valence-electron chi connectivity index (χ4n) is 4.47. The van der Waals surface area contributed by atoms with E-state index in [2.05, 4.69) is 24.5 Å². The number of hydrogen-bond donors (Lipinski definition) is 2. The van der Waals surface area contributed by atoms with Crippen LogP contribution in [-0.2, 0) is 23.8 Å². The van der Waals surface area contributed by atoms with Gasteiger partial charge in [-0.2, -0.15) is 0 Å². The number of carbonyl (C=O) groups excluding carboxylic acids is 3. The van der Waals surface area contributed by atoms with Gasteiger partial charge in [0.1, 0.15) is 12.7 Å². The van der Waals surface area contributed by atoms with Gasteiger partial charge in [-0.3, -0.25) is 9.59 Å². The first-order valence-electron chi connectivity index (χ1n) is 15.9. The Bertz CT molecular complexity index is 1080. The number of amides is 1. The minimum atomic E-state index is -0.704. The second-order valence-corrected chi connectivity index (χ2v) is 12.7. The van der Waals surface area contributed by atoms with Crippen LogP contribution in [0.2, 0.25) is 0 Å². The Morgan fingerprint density at radius 1 is 1.07 bits per heavy atom. The molecule has 0 bridgehead atoms. The molecule has 1 amide bonds. The third-order valence-corrected chi connectivity index (χ3v) is 8.00. The number of benzene rings is 1. The first-order valence-corrected chi connectivity index (χ1v) is 15.9. The van der Waals surface area contributed by atoms with Gasteiger partial charge in [0.25, 0.3) is 0 Å². The van der Waals surface area contributed by atoms with Crippen molar-refractivity contribution in [3.05, 3.63) is 23.3 Å². The molecular weight excluding hydrogens is 552 g/mol. The Labute approximate surface area is 256 Å². The number of hydrogen-bond acceptors (Lipinski definition) is 9. The van der Waals surface area contributed by atoms with E-state index in [0.29, 0.717) is 55.6 Å². The van der Waals surface area contributed by atoms with Crippen molar-refractivity contribution in [3.63, 3.8) is 0 Å². The molecule has 1 saturated carbocycles. The molecule has 1 aromatic rings. The van der Waals surface area contributed by atoms with Crippen LogP contribution in [0.25, 0.3) is 0 Å². The number of ether oxygens (including phenoxy) is 5. The zero-order valence-corrected chi connectivity index (χ0v) is 27.0. The van der Waals surface area contributed by atoms with Crippen molar-refractivity contribution >= 4 is 17.8 Å².